The van der Waals surface area contributed by atoms with Crippen LogP contribution in [0, 0.1) is 0 Å². The molecule has 8 nitrogen and oxygen atoms in total. The van der Waals surface area contributed by atoms with Crippen molar-refractivity contribution in [2.45, 2.75) is 142 Å². The van der Waals surface area contributed by atoms with Gasteiger partial charge in [0, 0.05) is 12.8 Å². The standard InChI is InChI=1S/C38H63O8P/c1-3-5-7-9-11-13-15-17-18-19-20-21-23-25-27-29-31-33-38(40)46-36(35-45-47(41,42)43)34-44-37(39)32-30-28-26-24-22-16-14-12-10-8-6-4-2/h5,7,11-14,17-18,20-21,25,27,36H,3-4,6,8-10,15-16,19,22-24,26,28-35H2,1-2H3,(H2,41,42,43)/b7-5+,13-11+,14-12+,18-17+,21-20+,27-25+/t36-/m1/s1. The fourth-order valence-corrected chi connectivity index (χ4v) is 4.70. The van der Waals surface area contributed by atoms with Gasteiger partial charge in [-0.3, -0.25) is 14.1 Å². The summed E-state index contributed by atoms with van der Waals surface area (Å²) in [4.78, 5) is 42.6. The summed E-state index contributed by atoms with van der Waals surface area (Å²) in [6, 6.07) is 0. The maximum absolute atomic E-state index is 12.3. The van der Waals surface area contributed by atoms with Crippen molar-refractivity contribution in [2.24, 2.45) is 0 Å². The molecule has 0 unspecified atom stereocenters. The lowest BCUT2D eigenvalue weighted by Gasteiger charge is -2.18. The fourth-order valence-electron chi connectivity index (χ4n) is 4.34. The molecule has 0 aliphatic rings. The molecule has 0 spiro atoms. The minimum Gasteiger partial charge on any atom is -0.462 e. The number of hydrogen-bond acceptors (Lipinski definition) is 6. The molecule has 268 valence electrons. The summed E-state index contributed by atoms with van der Waals surface area (Å²) in [5.74, 6) is -0.973. The first-order valence-corrected chi connectivity index (χ1v) is 19.3. The average molecular weight is 679 g/mol. The summed E-state index contributed by atoms with van der Waals surface area (Å²) in [5, 5.41) is 0. The average Bonchev–Trinajstić information content (AvgIpc) is 3.04. The number of phosphoric ester groups is 1. The van der Waals surface area contributed by atoms with E-state index in [9.17, 15) is 14.2 Å². The molecule has 0 aliphatic heterocycles. The maximum Gasteiger partial charge on any atom is 0.469 e. The third kappa shape index (κ3) is 36.2. The highest BCUT2D eigenvalue weighted by atomic mass is 31.2. The van der Waals surface area contributed by atoms with Gasteiger partial charge < -0.3 is 19.3 Å². The predicted octanol–water partition coefficient (Wildman–Crippen LogP) is 10.3. The van der Waals surface area contributed by atoms with E-state index in [4.69, 9.17) is 19.3 Å². The number of unbranched alkanes of at least 4 members (excludes halogenated alkanes) is 9. The molecule has 0 aliphatic carbocycles. The van der Waals surface area contributed by atoms with Crippen LogP contribution in [0.1, 0.15) is 136 Å². The molecular formula is C38H63O8P. The lowest BCUT2D eigenvalue weighted by atomic mass is 10.1. The van der Waals surface area contributed by atoms with E-state index in [-0.39, 0.29) is 19.4 Å². The first-order chi connectivity index (χ1) is 22.8. The zero-order valence-electron chi connectivity index (χ0n) is 29.1. The topological polar surface area (TPSA) is 119 Å². The molecule has 0 heterocycles. The highest BCUT2D eigenvalue weighted by Crippen LogP contribution is 2.35. The van der Waals surface area contributed by atoms with E-state index in [0.717, 1.165) is 70.6 Å². The Morgan fingerprint density at radius 3 is 1.62 bits per heavy atom. The van der Waals surface area contributed by atoms with Gasteiger partial charge in [-0.25, -0.2) is 4.57 Å². The van der Waals surface area contributed by atoms with Crippen LogP contribution in [0.5, 0.6) is 0 Å². The zero-order valence-corrected chi connectivity index (χ0v) is 30.0. The molecule has 9 heteroatoms. The summed E-state index contributed by atoms with van der Waals surface area (Å²) in [6.45, 7) is 3.46. The van der Waals surface area contributed by atoms with Gasteiger partial charge in [-0.05, 0) is 77.0 Å². The quantitative estimate of drug-likeness (QED) is 0.0322. The second-order valence-electron chi connectivity index (χ2n) is 11.5. The predicted molar refractivity (Wildman–Crippen MR) is 193 cm³/mol. The van der Waals surface area contributed by atoms with Gasteiger partial charge in [0.1, 0.15) is 6.61 Å². The Hall–Kier alpha value is -2.51. The van der Waals surface area contributed by atoms with E-state index >= 15 is 0 Å². The van der Waals surface area contributed by atoms with Crippen LogP contribution in [0.15, 0.2) is 72.9 Å². The molecule has 0 aromatic heterocycles. The zero-order chi connectivity index (χ0) is 34.7. The second kappa shape index (κ2) is 33.4. The van der Waals surface area contributed by atoms with E-state index in [1.54, 1.807) is 0 Å². The highest BCUT2D eigenvalue weighted by Gasteiger charge is 2.22. The largest absolute Gasteiger partial charge is 0.469 e. The SMILES string of the molecule is CC/C=C/C/C=C/C/C=C/C/C=C/C/C=C/CCCC(=O)O[C@H](COC(=O)CCCCCCC/C=C/CCCCC)COP(=O)(O)O. The summed E-state index contributed by atoms with van der Waals surface area (Å²) in [5.41, 5.74) is 0. The van der Waals surface area contributed by atoms with E-state index in [0.29, 0.717) is 19.3 Å². The van der Waals surface area contributed by atoms with Gasteiger partial charge in [0.15, 0.2) is 6.10 Å². The van der Waals surface area contributed by atoms with Gasteiger partial charge in [-0.2, -0.15) is 0 Å². The van der Waals surface area contributed by atoms with Crippen LogP contribution in [0.25, 0.3) is 0 Å². The Morgan fingerprint density at radius 1 is 0.574 bits per heavy atom. The van der Waals surface area contributed by atoms with Gasteiger partial charge in [0.25, 0.3) is 0 Å². The molecule has 0 saturated carbocycles. The van der Waals surface area contributed by atoms with Crippen molar-refractivity contribution in [2.75, 3.05) is 13.2 Å². The summed E-state index contributed by atoms with van der Waals surface area (Å²) < 4.78 is 26.2. The van der Waals surface area contributed by atoms with Crippen molar-refractivity contribution < 1.29 is 37.9 Å². The van der Waals surface area contributed by atoms with Crippen LogP contribution >= 0.6 is 7.82 Å². The van der Waals surface area contributed by atoms with Gasteiger partial charge in [0.2, 0.25) is 0 Å². The van der Waals surface area contributed by atoms with Crippen LogP contribution in [-0.2, 0) is 28.2 Å². The molecule has 0 radical (unpaired) electrons. The Kier molecular flexibility index (Phi) is 31.6. The summed E-state index contributed by atoms with van der Waals surface area (Å²) >= 11 is 0. The Balaban J connectivity index is 4.14. The molecule has 0 bridgehead atoms. The number of phosphoric acid groups is 1. The second-order valence-corrected chi connectivity index (χ2v) is 12.7. The third-order valence-corrected chi connectivity index (χ3v) is 7.44. The van der Waals surface area contributed by atoms with E-state index in [2.05, 4.69) is 79.1 Å². The van der Waals surface area contributed by atoms with Crippen LogP contribution in [0.3, 0.4) is 0 Å². The minimum absolute atomic E-state index is 0.128. The van der Waals surface area contributed by atoms with Crippen molar-refractivity contribution in [3.63, 3.8) is 0 Å². The highest BCUT2D eigenvalue weighted by molar-refractivity contribution is 7.46. The van der Waals surface area contributed by atoms with Crippen LogP contribution in [-0.4, -0.2) is 41.0 Å². The molecule has 2 N–H and O–H groups in total. The van der Waals surface area contributed by atoms with Crippen LogP contribution in [0.2, 0.25) is 0 Å². The number of ether oxygens (including phenoxy) is 2. The Morgan fingerprint density at radius 2 is 1.04 bits per heavy atom. The fraction of sp³-hybridized carbons (Fsp3) is 0.632. The molecule has 0 saturated heterocycles. The van der Waals surface area contributed by atoms with Gasteiger partial charge in [0.05, 0.1) is 6.61 Å². The number of hydrogen-bond donors (Lipinski definition) is 2. The van der Waals surface area contributed by atoms with Crippen molar-refractivity contribution in [1.29, 1.82) is 0 Å². The molecule has 0 rings (SSSR count). The summed E-state index contributed by atoms with van der Waals surface area (Å²) in [6.07, 6.45) is 42.0. The molecule has 0 amide bonds. The first-order valence-electron chi connectivity index (χ1n) is 17.7. The Labute approximate surface area is 285 Å². The van der Waals surface area contributed by atoms with E-state index in [1.807, 2.05) is 12.2 Å². The third-order valence-electron chi connectivity index (χ3n) is 6.96. The summed E-state index contributed by atoms with van der Waals surface area (Å²) in [7, 11) is -4.77. The molecule has 1 atom stereocenters. The number of esters is 2. The van der Waals surface area contributed by atoms with Crippen molar-refractivity contribution in [1.82, 2.24) is 0 Å². The number of allylic oxidation sites excluding steroid dienone is 12. The van der Waals surface area contributed by atoms with Gasteiger partial charge >= 0.3 is 19.8 Å². The molecule has 0 aromatic carbocycles. The lowest BCUT2D eigenvalue weighted by Crippen LogP contribution is -2.29. The smallest absolute Gasteiger partial charge is 0.462 e. The van der Waals surface area contributed by atoms with Gasteiger partial charge in [-0.15, -0.1) is 0 Å². The maximum atomic E-state index is 12.3. The monoisotopic (exact) mass is 678 g/mol. The van der Waals surface area contributed by atoms with Crippen molar-refractivity contribution in [3.8, 4) is 0 Å². The molecule has 0 aromatic rings. The molecule has 47 heavy (non-hydrogen) atoms. The van der Waals surface area contributed by atoms with Crippen LogP contribution < -0.4 is 0 Å². The molecule has 0 fully saturated rings. The number of rotatable bonds is 31. The lowest BCUT2D eigenvalue weighted by molar-refractivity contribution is -0.161. The number of carbonyl (C=O) groups is 2. The van der Waals surface area contributed by atoms with Crippen LogP contribution in [0.4, 0.5) is 0 Å². The van der Waals surface area contributed by atoms with E-state index in [1.165, 1.54) is 19.3 Å². The van der Waals surface area contributed by atoms with Gasteiger partial charge in [-0.1, -0.05) is 119 Å². The van der Waals surface area contributed by atoms with Crippen molar-refractivity contribution >= 4 is 19.8 Å². The number of carbonyl (C=O) groups excluding carboxylic acids is 2. The van der Waals surface area contributed by atoms with E-state index < -0.39 is 32.5 Å². The Bertz CT molecular complexity index is 990. The minimum atomic E-state index is -4.77. The van der Waals surface area contributed by atoms with Crippen molar-refractivity contribution in [3.05, 3.63) is 72.9 Å². The molecular weight excluding hydrogens is 615 g/mol. The normalized spacial score (nSPS) is 13.4. The first kappa shape index (κ1) is 44.5.